The summed E-state index contributed by atoms with van der Waals surface area (Å²) in [5.74, 6) is -0.873. The van der Waals surface area contributed by atoms with Gasteiger partial charge in [0.2, 0.25) is 0 Å². The molecular formula is C9H11NO2S. The number of aromatic carboxylic acids is 1. The molecule has 1 aromatic rings. The number of rotatable bonds is 4. The van der Waals surface area contributed by atoms with Gasteiger partial charge >= 0.3 is 5.97 Å². The van der Waals surface area contributed by atoms with Gasteiger partial charge in [-0.05, 0) is 30.0 Å². The minimum Gasteiger partial charge on any atom is -0.477 e. The van der Waals surface area contributed by atoms with Crippen molar-refractivity contribution in [3.05, 3.63) is 28.0 Å². The van der Waals surface area contributed by atoms with Crippen molar-refractivity contribution in [2.45, 2.75) is 6.42 Å². The predicted octanol–water partition coefficient (Wildman–Crippen LogP) is 1.81. The van der Waals surface area contributed by atoms with Gasteiger partial charge in [-0.15, -0.1) is 11.3 Å². The molecule has 3 nitrogen and oxygen atoms in total. The van der Waals surface area contributed by atoms with E-state index in [1.54, 1.807) is 17.5 Å². The molecule has 0 fully saturated rings. The molecule has 3 N–H and O–H groups in total. The second kappa shape index (κ2) is 4.79. The lowest BCUT2D eigenvalue weighted by atomic mass is 10.2. The Bertz CT molecular complexity index is 317. The fourth-order valence-corrected chi connectivity index (χ4v) is 1.65. The van der Waals surface area contributed by atoms with E-state index in [9.17, 15) is 4.79 Å². The molecule has 0 radical (unpaired) electrons. The Morgan fingerprint density at radius 3 is 3.08 bits per heavy atom. The van der Waals surface area contributed by atoms with E-state index in [4.69, 9.17) is 10.8 Å². The first kappa shape index (κ1) is 9.95. The molecule has 4 heteroatoms. The van der Waals surface area contributed by atoms with E-state index in [0.29, 0.717) is 11.4 Å². The summed E-state index contributed by atoms with van der Waals surface area (Å²) < 4.78 is 0. The first-order valence-corrected chi connectivity index (χ1v) is 4.81. The Hall–Kier alpha value is -1.13. The molecular weight excluding hydrogens is 186 g/mol. The second-order valence-electron chi connectivity index (χ2n) is 2.49. The molecule has 0 atom stereocenters. The maximum atomic E-state index is 10.7. The zero-order valence-electron chi connectivity index (χ0n) is 7.06. The van der Waals surface area contributed by atoms with Gasteiger partial charge in [0, 0.05) is 0 Å². The highest BCUT2D eigenvalue weighted by Gasteiger charge is 2.08. The van der Waals surface area contributed by atoms with Gasteiger partial charge in [0.1, 0.15) is 4.88 Å². The first-order valence-electron chi connectivity index (χ1n) is 3.93. The van der Waals surface area contributed by atoms with E-state index in [0.717, 1.165) is 12.0 Å². The van der Waals surface area contributed by atoms with Crippen LogP contribution in [0.25, 0.3) is 6.08 Å². The summed E-state index contributed by atoms with van der Waals surface area (Å²) in [6.45, 7) is 0.586. The van der Waals surface area contributed by atoms with Gasteiger partial charge in [0.15, 0.2) is 0 Å². The molecule has 1 heterocycles. The van der Waals surface area contributed by atoms with Crippen LogP contribution in [0.5, 0.6) is 0 Å². The molecule has 0 aliphatic carbocycles. The standard InChI is InChI=1S/C9H11NO2S/c10-5-2-1-3-7-4-6-13-8(7)9(11)12/h1,3-4,6H,2,5,10H2,(H,11,12). The number of carboxylic acids is 1. The van der Waals surface area contributed by atoms with Crippen LogP contribution in [0.1, 0.15) is 21.7 Å². The molecule has 13 heavy (non-hydrogen) atoms. The van der Waals surface area contributed by atoms with E-state index in [1.807, 2.05) is 6.08 Å². The van der Waals surface area contributed by atoms with Gasteiger partial charge in [-0.3, -0.25) is 0 Å². The molecule has 0 unspecified atom stereocenters. The van der Waals surface area contributed by atoms with Crippen LogP contribution < -0.4 is 5.73 Å². The zero-order valence-corrected chi connectivity index (χ0v) is 7.88. The van der Waals surface area contributed by atoms with Gasteiger partial charge in [-0.1, -0.05) is 12.2 Å². The summed E-state index contributed by atoms with van der Waals surface area (Å²) in [5.41, 5.74) is 6.06. The molecule has 0 spiro atoms. The summed E-state index contributed by atoms with van der Waals surface area (Å²) in [6.07, 6.45) is 4.45. The quantitative estimate of drug-likeness (QED) is 0.773. The first-order chi connectivity index (χ1) is 6.25. The highest BCUT2D eigenvalue weighted by Crippen LogP contribution is 2.18. The number of carbonyl (C=O) groups is 1. The van der Waals surface area contributed by atoms with E-state index in [2.05, 4.69) is 0 Å². The van der Waals surface area contributed by atoms with Gasteiger partial charge in [0.25, 0.3) is 0 Å². The number of hydrogen-bond donors (Lipinski definition) is 2. The molecule has 70 valence electrons. The fourth-order valence-electron chi connectivity index (χ4n) is 0.931. The Labute approximate surface area is 80.5 Å². The lowest BCUT2D eigenvalue weighted by Gasteiger charge is -1.91. The molecule has 0 aromatic carbocycles. The minimum atomic E-state index is -0.873. The Balaban J connectivity index is 2.76. The van der Waals surface area contributed by atoms with Crippen LogP contribution in [-0.2, 0) is 0 Å². The predicted molar refractivity (Wildman–Crippen MR) is 54.0 cm³/mol. The Kier molecular flexibility index (Phi) is 3.67. The van der Waals surface area contributed by atoms with Crippen LogP contribution in [-0.4, -0.2) is 17.6 Å². The third kappa shape index (κ3) is 2.68. The number of thiophene rings is 1. The average Bonchev–Trinajstić information content (AvgIpc) is 2.53. The van der Waals surface area contributed by atoms with Crippen molar-refractivity contribution in [1.82, 2.24) is 0 Å². The van der Waals surface area contributed by atoms with Crippen molar-refractivity contribution in [2.75, 3.05) is 6.54 Å². The average molecular weight is 197 g/mol. The Morgan fingerprint density at radius 2 is 2.46 bits per heavy atom. The number of hydrogen-bond acceptors (Lipinski definition) is 3. The van der Waals surface area contributed by atoms with Crippen molar-refractivity contribution >= 4 is 23.4 Å². The lowest BCUT2D eigenvalue weighted by molar-refractivity contribution is 0.0702. The van der Waals surface area contributed by atoms with Crippen molar-refractivity contribution in [3.8, 4) is 0 Å². The van der Waals surface area contributed by atoms with Crippen molar-refractivity contribution in [3.63, 3.8) is 0 Å². The summed E-state index contributed by atoms with van der Waals surface area (Å²) in [6, 6.07) is 1.79. The molecule has 0 saturated heterocycles. The monoisotopic (exact) mass is 197 g/mol. The summed E-state index contributed by atoms with van der Waals surface area (Å²) in [5, 5.41) is 10.5. The van der Waals surface area contributed by atoms with E-state index in [1.165, 1.54) is 11.3 Å². The highest BCUT2D eigenvalue weighted by atomic mass is 32.1. The van der Waals surface area contributed by atoms with E-state index in [-0.39, 0.29) is 0 Å². The molecule has 1 aromatic heterocycles. The normalized spacial score (nSPS) is 10.8. The van der Waals surface area contributed by atoms with Crippen molar-refractivity contribution in [2.24, 2.45) is 5.73 Å². The summed E-state index contributed by atoms with van der Waals surface area (Å²) in [7, 11) is 0. The summed E-state index contributed by atoms with van der Waals surface area (Å²) in [4.78, 5) is 11.1. The van der Waals surface area contributed by atoms with E-state index >= 15 is 0 Å². The third-order valence-electron chi connectivity index (χ3n) is 1.52. The molecule has 0 aliphatic heterocycles. The smallest absolute Gasteiger partial charge is 0.346 e. The van der Waals surface area contributed by atoms with E-state index < -0.39 is 5.97 Å². The lowest BCUT2D eigenvalue weighted by Crippen LogP contribution is -1.96. The van der Waals surface area contributed by atoms with Crippen LogP contribution in [0.2, 0.25) is 0 Å². The second-order valence-corrected chi connectivity index (χ2v) is 3.41. The van der Waals surface area contributed by atoms with Gasteiger partial charge in [-0.25, -0.2) is 4.79 Å². The molecule has 0 saturated carbocycles. The van der Waals surface area contributed by atoms with Crippen LogP contribution in [0.3, 0.4) is 0 Å². The number of nitrogens with two attached hydrogens (primary N) is 1. The fraction of sp³-hybridized carbons (Fsp3) is 0.222. The van der Waals surface area contributed by atoms with Crippen LogP contribution in [0.15, 0.2) is 17.5 Å². The maximum absolute atomic E-state index is 10.7. The molecule has 1 rings (SSSR count). The topological polar surface area (TPSA) is 63.3 Å². The molecule has 0 aliphatic rings. The largest absolute Gasteiger partial charge is 0.477 e. The van der Waals surface area contributed by atoms with Gasteiger partial charge in [-0.2, -0.15) is 0 Å². The molecule has 0 bridgehead atoms. The Morgan fingerprint density at radius 1 is 1.69 bits per heavy atom. The molecule has 0 amide bonds. The third-order valence-corrected chi connectivity index (χ3v) is 2.44. The van der Waals surface area contributed by atoms with Crippen LogP contribution in [0.4, 0.5) is 0 Å². The maximum Gasteiger partial charge on any atom is 0.346 e. The van der Waals surface area contributed by atoms with Crippen LogP contribution >= 0.6 is 11.3 Å². The van der Waals surface area contributed by atoms with Gasteiger partial charge in [0.05, 0.1) is 0 Å². The van der Waals surface area contributed by atoms with Crippen molar-refractivity contribution in [1.29, 1.82) is 0 Å². The summed E-state index contributed by atoms with van der Waals surface area (Å²) >= 11 is 1.23. The number of carboxylic acid groups (broad SMARTS) is 1. The zero-order chi connectivity index (χ0) is 9.68. The SMILES string of the molecule is NCCC=Cc1ccsc1C(=O)O. The van der Waals surface area contributed by atoms with Crippen LogP contribution in [0, 0.1) is 0 Å². The minimum absolute atomic E-state index is 0.383. The highest BCUT2D eigenvalue weighted by molar-refractivity contribution is 7.12. The van der Waals surface area contributed by atoms with Crippen molar-refractivity contribution < 1.29 is 9.90 Å². The van der Waals surface area contributed by atoms with Gasteiger partial charge < -0.3 is 10.8 Å².